The van der Waals surface area contributed by atoms with Crippen LogP contribution in [-0.2, 0) is 32.0 Å². The normalized spacial score (nSPS) is 22.1. The predicted octanol–water partition coefficient (Wildman–Crippen LogP) is 0.0130. The number of primary amides is 1. The summed E-state index contributed by atoms with van der Waals surface area (Å²) in [6.45, 7) is -0.130. The van der Waals surface area contributed by atoms with E-state index in [1.807, 2.05) is 0 Å². The van der Waals surface area contributed by atoms with Crippen LogP contribution in [0.15, 0.2) is 48.8 Å². The Morgan fingerprint density at radius 2 is 1.94 bits per heavy atom. The third kappa shape index (κ3) is 3.59. The molecule has 1 aromatic carbocycles. The maximum atomic E-state index is 13.1. The average molecular weight is 435 g/mol. The lowest BCUT2D eigenvalue weighted by molar-refractivity contribution is -0.148. The van der Waals surface area contributed by atoms with Crippen LogP contribution in [0.4, 0.5) is 0 Å². The molecule has 4 rings (SSSR count). The van der Waals surface area contributed by atoms with Crippen LogP contribution in [0.25, 0.3) is 0 Å². The number of aromatic hydroxyl groups is 1. The molecule has 32 heavy (non-hydrogen) atoms. The van der Waals surface area contributed by atoms with Gasteiger partial charge in [0, 0.05) is 18.9 Å². The van der Waals surface area contributed by atoms with Gasteiger partial charge in [-0.2, -0.15) is 0 Å². The van der Waals surface area contributed by atoms with Crippen molar-refractivity contribution in [1.29, 1.82) is 0 Å². The lowest BCUT2D eigenvalue weighted by Gasteiger charge is -2.34. The predicted molar refractivity (Wildman–Crippen MR) is 113 cm³/mol. The molecule has 3 heterocycles. The third-order valence-corrected chi connectivity index (χ3v) is 6.14. The highest BCUT2D eigenvalue weighted by Gasteiger charge is 2.66. The van der Waals surface area contributed by atoms with E-state index >= 15 is 0 Å². The molecule has 9 heteroatoms. The van der Waals surface area contributed by atoms with Gasteiger partial charge in [0.2, 0.25) is 17.4 Å². The van der Waals surface area contributed by atoms with E-state index in [0.717, 1.165) is 5.56 Å². The molecule has 2 unspecified atom stereocenters. The van der Waals surface area contributed by atoms with Crippen molar-refractivity contribution in [2.75, 3.05) is 13.1 Å². The number of phenols is 1. The minimum Gasteiger partial charge on any atom is -0.508 e. The van der Waals surface area contributed by atoms with Crippen molar-refractivity contribution in [2.24, 2.45) is 5.73 Å². The van der Waals surface area contributed by atoms with Crippen LogP contribution in [0.5, 0.6) is 5.75 Å². The van der Waals surface area contributed by atoms with Crippen LogP contribution in [-0.4, -0.2) is 68.1 Å². The third-order valence-electron chi connectivity index (χ3n) is 6.14. The minimum absolute atomic E-state index is 0.0351. The molecule has 3 amide bonds. The maximum absolute atomic E-state index is 13.1. The van der Waals surface area contributed by atoms with Crippen molar-refractivity contribution < 1.29 is 24.3 Å². The summed E-state index contributed by atoms with van der Waals surface area (Å²) in [4.78, 5) is 58.2. The second kappa shape index (κ2) is 8.41. The summed E-state index contributed by atoms with van der Waals surface area (Å²) >= 11 is 0. The Hall–Kier alpha value is -3.75. The highest BCUT2D eigenvalue weighted by molar-refractivity contribution is 6.17. The molecule has 2 saturated heterocycles. The number of nitrogens with zero attached hydrogens (tertiary/aromatic N) is 3. The molecule has 0 bridgehead atoms. The topological polar surface area (TPSA) is 134 Å². The Morgan fingerprint density at radius 3 is 2.59 bits per heavy atom. The minimum atomic E-state index is -1.85. The molecule has 2 atom stereocenters. The fraction of sp³-hybridized carbons (Fsp3) is 0.304. The number of benzene rings is 1. The Bertz CT molecular complexity index is 1060. The Morgan fingerprint density at radius 1 is 1.19 bits per heavy atom. The molecule has 2 aliphatic heterocycles. The summed E-state index contributed by atoms with van der Waals surface area (Å²) in [5.74, 6) is -2.16. The molecule has 1 radical (unpaired) electrons. The first-order valence-electron chi connectivity index (χ1n) is 10.3. The number of aromatic nitrogens is 1. The van der Waals surface area contributed by atoms with Crippen LogP contribution in [0, 0.1) is 6.42 Å². The van der Waals surface area contributed by atoms with Gasteiger partial charge in [-0.05, 0) is 42.2 Å². The number of carbonyl (C=O) groups excluding carboxylic acids is 4. The van der Waals surface area contributed by atoms with E-state index in [1.165, 1.54) is 28.4 Å². The number of nitrogens with two attached hydrogens (primary N) is 1. The van der Waals surface area contributed by atoms with Gasteiger partial charge < -0.3 is 20.6 Å². The van der Waals surface area contributed by atoms with Crippen LogP contribution in [0.3, 0.4) is 0 Å². The monoisotopic (exact) mass is 435 g/mol. The first-order valence-corrected chi connectivity index (χ1v) is 10.3. The number of hydrogen-bond acceptors (Lipinski definition) is 6. The van der Waals surface area contributed by atoms with Gasteiger partial charge in [0.05, 0.1) is 25.4 Å². The number of phenolic OH excluding ortho intramolecular Hbond substituents is 1. The molecule has 2 aliphatic rings. The van der Waals surface area contributed by atoms with Crippen molar-refractivity contribution >= 4 is 23.5 Å². The van der Waals surface area contributed by atoms with Gasteiger partial charge in [-0.3, -0.25) is 24.2 Å². The number of fused-ring (bicyclic) bond motifs is 1. The van der Waals surface area contributed by atoms with E-state index in [0.29, 0.717) is 5.56 Å². The summed E-state index contributed by atoms with van der Waals surface area (Å²) in [7, 11) is 0. The molecule has 9 nitrogen and oxygen atoms in total. The Labute approximate surface area is 184 Å². The second-order valence-corrected chi connectivity index (χ2v) is 7.98. The SMILES string of the molecule is NC(=O)C12C(=O)CN(C(=O)Cc3cccnc3)C1CCN2C(=O)[CH]Cc1ccc(O)cc1. The summed E-state index contributed by atoms with van der Waals surface area (Å²) in [6.07, 6.45) is 5.12. The van der Waals surface area contributed by atoms with E-state index in [-0.39, 0.29) is 44.0 Å². The van der Waals surface area contributed by atoms with Crippen LogP contribution in [0.2, 0.25) is 0 Å². The van der Waals surface area contributed by atoms with Gasteiger partial charge in [0.15, 0.2) is 5.78 Å². The van der Waals surface area contributed by atoms with Gasteiger partial charge in [0.25, 0.3) is 5.91 Å². The van der Waals surface area contributed by atoms with Crippen LogP contribution in [0.1, 0.15) is 17.5 Å². The molecule has 3 N–H and O–H groups in total. The Balaban J connectivity index is 1.53. The number of rotatable bonds is 6. The van der Waals surface area contributed by atoms with Crippen molar-refractivity contribution in [3.05, 3.63) is 66.3 Å². The van der Waals surface area contributed by atoms with Gasteiger partial charge in [-0.1, -0.05) is 18.2 Å². The number of carbonyl (C=O) groups is 4. The number of ketones is 1. The molecule has 0 saturated carbocycles. The van der Waals surface area contributed by atoms with Gasteiger partial charge >= 0.3 is 0 Å². The van der Waals surface area contributed by atoms with E-state index < -0.39 is 29.2 Å². The highest BCUT2D eigenvalue weighted by atomic mass is 16.3. The number of Topliss-reactive ketones (excluding diaryl/α,β-unsaturated/α-hetero) is 1. The highest BCUT2D eigenvalue weighted by Crippen LogP contribution is 2.40. The second-order valence-electron chi connectivity index (χ2n) is 7.98. The lowest BCUT2D eigenvalue weighted by Crippen LogP contribution is -2.64. The summed E-state index contributed by atoms with van der Waals surface area (Å²) in [5.41, 5.74) is 5.31. The first-order chi connectivity index (χ1) is 15.3. The molecular weight excluding hydrogens is 412 g/mol. The molecule has 165 valence electrons. The number of hydrogen-bond donors (Lipinski definition) is 2. The summed E-state index contributed by atoms with van der Waals surface area (Å²) < 4.78 is 0. The summed E-state index contributed by atoms with van der Waals surface area (Å²) in [6, 6.07) is 9.05. The van der Waals surface area contributed by atoms with Crippen LogP contribution >= 0.6 is 0 Å². The zero-order chi connectivity index (χ0) is 22.9. The van der Waals surface area contributed by atoms with Gasteiger partial charge in [-0.25, -0.2) is 0 Å². The molecule has 1 aromatic heterocycles. The molecule has 0 spiro atoms. The maximum Gasteiger partial charge on any atom is 0.253 e. The van der Waals surface area contributed by atoms with E-state index in [9.17, 15) is 24.3 Å². The average Bonchev–Trinajstić information content (AvgIpc) is 3.31. The Kier molecular flexibility index (Phi) is 5.65. The fourth-order valence-corrected chi connectivity index (χ4v) is 4.63. The molecule has 2 fully saturated rings. The quantitative estimate of drug-likeness (QED) is 0.614. The van der Waals surface area contributed by atoms with Crippen molar-refractivity contribution in [3.63, 3.8) is 0 Å². The van der Waals surface area contributed by atoms with E-state index in [1.54, 1.807) is 36.7 Å². The van der Waals surface area contributed by atoms with Crippen molar-refractivity contribution in [2.45, 2.75) is 30.8 Å². The molecular formula is C23H23N4O5. The van der Waals surface area contributed by atoms with Crippen molar-refractivity contribution in [1.82, 2.24) is 14.8 Å². The summed E-state index contributed by atoms with van der Waals surface area (Å²) in [5, 5.41) is 9.39. The van der Waals surface area contributed by atoms with E-state index in [4.69, 9.17) is 5.73 Å². The number of amides is 3. The van der Waals surface area contributed by atoms with E-state index in [2.05, 4.69) is 4.98 Å². The van der Waals surface area contributed by atoms with Gasteiger partial charge in [0.1, 0.15) is 5.75 Å². The van der Waals surface area contributed by atoms with Crippen molar-refractivity contribution in [3.8, 4) is 5.75 Å². The van der Waals surface area contributed by atoms with Gasteiger partial charge in [-0.15, -0.1) is 0 Å². The van der Waals surface area contributed by atoms with Crippen LogP contribution < -0.4 is 5.73 Å². The zero-order valence-electron chi connectivity index (χ0n) is 17.3. The molecule has 2 aromatic rings. The number of likely N-dealkylation sites (tertiary alicyclic amines) is 2. The first kappa shape index (κ1) is 21.5. The molecule has 0 aliphatic carbocycles. The lowest BCUT2D eigenvalue weighted by atomic mass is 9.88. The smallest absolute Gasteiger partial charge is 0.253 e. The zero-order valence-corrected chi connectivity index (χ0v) is 17.3. The standard InChI is InChI=1S/C23H23N4O5/c24-22(32)23-18(26(14-19(23)29)21(31)12-16-2-1-10-25-13-16)9-11-27(23)20(30)8-5-15-3-6-17(28)7-4-15/h1-4,6-8,10,13,18,28H,5,9,11-12,14H2,(H2,24,32). The number of pyridine rings is 1. The fourth-order valence-electron chi connectivity index (χ4n) is 4.63. The largest absolute Gasteiger partial charge is 0.508 e.